The standard InChI is InChI=1S/C28H34N4O2S/c1-19-14-22(35(34)23-16-28(17-23)10-12-29-13-11-28)7-8-24(19)31-26-15-25-20(18-30-26)6-9-27(33)32(25)21-4-2-3-5-21/h6-9,14-15,18,21,23,29H,2-5,10-13,16-17H2,1H3,(H,30,31). The molecule has 3 fully saturated rings. The Hall–Kier alpha value is -2.51. The van der Waals surface area contributed by atoms with E-state index in [0.717, 1.165) is 71.6 Å². The van der Waals surface area contributed by atoms with Crippen LogP contribution in [0.2, 0.25) is 0 Å². The molecule has 2 saturated carbocycles. The predicted molar refractivity (Wildman–Crippen MR) is 142 cm³/mol. The van der Waals surface area contributed by atoms with E-state index in [1.165, 1.54) is 25.7 Å². The van der Waals surface area contributed by atoms with Gasteiger partial charge in [-0.3, -0.25) is 9.00 Å². The van der Waals surface area contributed by atoms with Crippen LogP contribution in [0.25, 0.3) is 10.9 Å². The highest BCUT2D eigenvalue weighted by atomic mass is 32.2. The van der Waals surface area contributed by atoms with Gasteiger partial charge in [-0.1, -0.05) is 12.8 Å². The van der Waals surface area contributed by atoms with Gasteiger partial charge in [-0.2, -0.15) is 0 Å². The number of hydrogen-bond acceptors (Lipinski definition) is 5. The van der Waals surface area contributed by atoms with Crippen LogP contribution < -0.4 is 16.2 Å². The second-order valence-corrected chi connectivity index (χ2v) is 12.5. The second kappa shape index (κ2) is 9.17. The van der Waals surface area contributed by atoms with Gasteiger partial charge in [0.15, 0.2) is 0 Å². The molecule has 1 atom stereocenters. The zero-order valence-corrected chi connectivity index (χ0v) is 21.2. The predicted octanol–water partition coefficient (Wildman–Crippen LogP) is 5.20. The first-order valence-electron chi connectivity index (χ1n) is 13.0. The van der Waals surface area contributed by atoms with Crippen molar-refractivity contribution in [3.8, 4) is 0 Å². The number of nitrogens with one attached hydrogen (secondary N) is 2. The van der Waals surface area contributed by atoms with E-state index in [9.17, 15) is 9.00 Å². The minimum Gasteiger partial charge on any atom is -0.340 e. The number of aryl methyl sites for hydroxylation is 1. The molecule has 3 aliphatic rings. The van der Waals surface area contributed by atoms with Crippen LogP contribution >= 0.6 is 0 Å². The van der Waals surface area contributed by atoms with Gasteiger partial charge in [-0.15, -0.1) is 0 Å². The van der Waals surface area contributed by atoms with Crippen LogP contribution in [0.15, 0.2) is 52.3 Å². The monoisotopic (exact) mass is 490 g/mol. The average molecular weight is 491 g/mol. The summed E-state index contributed by atoms with van der Waals surface area (Å²) in [7, 11) is -0.962. The van der Waals surface area contributed by atoms with Gasteiger partial charge in [-0.25, -0.2) is 4.98 Å². The van der Waals surface area contributed by atoms with Gasteiger partial charge in [0.25, 0.3) is 5.56 Å². The number of benzene rings is 1. The Morgan fingerprint density at radius 2 is 1.86 bits per heavy atom. The molecule has 0 amide bonds. The Kier molecular flexibility index (Phi) is 6.01. The van der Waals surface area contributed by atoms with Crippen molar-refractivity contribution in [1.29, 1.82) is 0 Å². The normalized spacial score (nSPS) is 21.3. The summed E-state index contributed by atoms with van der Waals surface area (Å²) in [5, 5.41) is 8.14. The number of hydrogen-bond donors (Lipinski definition) is 2. The Balaban J connectivity index is 1.21. The lowest BCUT2D eigenvalue weighted by atomic mass is 9.63. The second-order valence-electron chi connectivity index (χ2n) is 10.8. The number of anilines is 2. The van der Waals surface area contributed by atoms with Crippen LogP contribution in [-0.4, -0.2) is 32.1 Å². The summed E-state index contributed by atoms with van der Waals surface area (Å²) in [5.74, 6) is 0.721. The molecule has 1 aromatic carbocycles. The molecule has 3 aromatic rings. The molecule has 184 valence electrons. The molecule has 6 rings (SSSR count). The molecule has 1 spiro atoms. The van der Waals surface area contributed by atoms with Gasteiger partial charge in [0, 0.05) is 45.6 Å². The fourth-order valence-electron chi connectivity index (χ4n) is 6.41. The van der Waals surface area contributed by atoms with Crippen molar-refractivity contribution in [1.82, 2.24) is 14.9 Å². The molecule has 2 aliphatic carbocycles. The van der Waals surface area contributed by atoms with E-state index < -0.39 is 10.8 Å². The highest BCUT2D eigenvalue weighted by molar-refractivity contribution is 7.85. The molecular formula is C28H34N4O2S. The summed E-state index contributed by atoms with van der Waals surface area (Å²) >= 11 is 0. The van der Waals surface area contributed by atoms with Gasteiger partial charge in [0.05, 0.1) is 16.3 Å². The zero-order valence-electron chi connectivity index (χ0n) is 20.4. The topological polar surface area (TPSA) is 76.0 Å². The molecule has 35 heavy (non-hydrogen) atoms. The van der Waals surface area contributed by atoms with Crippen molar-refractivity contribution in [2.45, 2.75) is 74.5 Å². The number of fused-ring (bicyclic) bond motifs is 1. The molecule has 2 N–H and O–H groups in total. The molecule has 3 heterocycles. The Morgan fingerprint density at radius 3 is 2.60 bits per heavy atom. The summed E-state index contributed by atoms with van der Waals surface area (Å²) in [5.41, 5.74) is 3.44. The van der Waals surface area contributed by atoms with Gasteiger partial charge in [0.2, 0.25) is 0 Å². The first-order valence-corrected chi connectivity index (χ1v) is 14.2. The van der Waals surface area contributed by atoms with Crippen LogP contribution in [0.4, 0.5) is 11.5 Å². The van der Waals surface area contributed by atoms with E-state index in [0.29, 0.717) is 5.41 Å². The summed E-state index contributed by atoms with van der Waals surface area (Å²) in [6, 6.07) is 11.9. The minimum atomic E-state index is -0.962. The number of piperidine rings is 1. The maximum absolute atomic E-state index is 13.2. The molecule has 1 aliphatic heterocycles. The molecule has 1 unspecified atom stereocenters. The third-order valence-electron chi connectivity index (χ3n) is 8.49. The summed E-state index contributed by atoms with van der Waals surface area (Å²) in [6.45, 7) is 4.24. The molecule has 1 saturated heterocycles. The third-order valence-corrected chi connectivity index (χ3v) is 10.1. The first kappa shape index (κ1) is 22.9. The number of pyridine rings is 2. The van der Waals surface area contributed by atoms with Crippen molar-refractivity contribution in [3.05, 3.63) is 58.5 Å². The maximum Gasteiger partial charge on any atom is 0.251 e. The highest BCUT2D eigenvalue weighted by Crippen LogP contribution is 2.50. The van der Waals surface area contributed by atoms with Crippen molar-refractivity contribution < 1.29 is 4.21 Å². The number of nitrogens with zero attached hydrogens (tertiary/aromatic N) is 2. The number of rotatable bonds is 5. The van der Waals surface area contributed by atoms with Gasteiger partial charge in [0.1, 0.15) is 5.82 Å². The summed E-state index contributed by atoms with van der Waals surface area (Å²) in [4.78, 5) is 18.2. The van der Waals surface area contributed by atoms with Crippen LogP contribution in [-0.2, 0) is 10.8 Å². The van der Waals surface area contributed by atoms with Crippen molar-refractivity contribution >= 4 is 33.2 Å². The Bertz CT molecular complexity index is 1330. The van der Waals surface area contributed by atoms with Gasteiger partial charge in [-0.05, 0) is 93.8 Å². The summed E-state index contributed by atoms with van der Waals surface area (Å²) < 4.78 is 15.2. The first-order chi connectivity index (χ1) is 17.0. The minimum absolute atomic E-state index is 0.0619. The van der Waals surface area contributed by atoms with E-state index in [2.05, 4.69) is 21.7 Å². The van der Waals surface area contributed by atoms with Crippen molar-refractivity contribution in [2.75, 3.05) is 18.4 Å². The molecular weight excluding hydrogens is 456 g/mol. The lowest BCUT2D eigenvalue weighted by Gasteiger charge is -2.49. The van der Waals surface area contributed by atoms with Crippen LogP contribution in [0, 0.1) is 12.3 Å². The molecule has 2 aromatic heterocycles. The van der Waals surface area contributed by atoms with E-state index in [4.69, 9.17) is 0 Å². The van der Waals surface area contributed by atoms with Gasteiger partial charge < -0.3 is 15.2 Å². The summed E-state index contributed by atoms with van der Waals surface area (Å²) in [6.07, 6.45) is 10.9. The molecule has 0 radical (unpaired) electrons. The van der Waals surface area contributed by atoms with E-state index >= 15 is 0 Å². The lowest BCUT2D eigenvalue weighted by molar-refractivity contribution is 0.0921. The van der Waals surface area contributed by atoms with Gasteiger partial charge >= 0.3 is 0 Å². The Labute approximate surface area is 209 Å². The Morgan fingerprint density at radius 1 is 1.09 bits per heavy atom. The van der Waals surface area contributed by atoms with E-state index in [1.807, 2.05) is 42.0 Å². The van der Waals surface area contributed by atoms with Crippen LogP contribution in [0.5, 0.6) is 0 Å². The highest BCUT2D eigenvalue weighted by Gasteiger charge is 2.47. The van der Waals surface area contributed by atoms with E-state index in [1.54, 1.807) is 6.07 Å². The average Bonchev–Trinajstić information content (AvgIpc) is 3.38. The quantitative estimate of drug-likeness (QED) is 0.514. The van der Waals surface area contributed by atoms with Crippen LogP contribution in [0.3, 0.4) is 0 Å². The molecule has 6 nitrogen and oxygen atoms in total. The van der Waals surface area contributed by atoms with Crippen molar-refractivity contribution in [2.24, 2.45) is 5.41 Å². The van der Waals surface area contributed by atoms with E-state index in [-0.39, 0.29) is 16.9 Å². The fraction of sp³-hybridized carbons (Fsp3) is 0.500. The fourth-order valence-corrected chi connectivity index (χ4v) is 8.30. The van der Waals surface area contributed by atoms with Crippen molar-refractivity contribution in [3.63, 3.8) is 0 Å². The smallest absolute Gasteiger partial charge is 0.251 e. The van der Waals surface area contributed by atoms with Crippen LogP contribution in [0.1, 0.15) is 63.0 Å². The SMILES string of the molecule is Cc1cc(S(=O)C2CC3(CCNCC3)C2)ccc1Nc1cc2c(ccc(=O)n2C2CCCC2)cn1. The molecule has 0 bridgehead atoms. The number of aromatic nitrogens is 2. The zero-order chi connectivity index (χ0) is 24.0. The third kappa shape index (κ3) is 4.33. The maximum atomic E-state index is 13.2. The lowest BCUT2D eigenvalue weighted by Crippen LogP contribution is -2.49. The largest absolute Gasteiger partial charge is 0.340 e. The molecule has 7 heteroatoms.